The van der Waals surface area contributed by atoms with E-state index in [-0.39, 0.29) is 11.6 Å². The Hall–Kier alpha value is -0.940. The molecule has 1 aliphatic rings. The van der Waals surface area contributed by atoms with Gasteiger partial charge in [-0.2, -0.15) is 13.2 Å². The Balaban J connectivity index is 2.24. The molecule has 1 aromatic rings. The lowest BCUT2D eigenvalue weighted by Gasteiger charge is -2.37. The molecule has 6 heteroatoms. The smallest absolute Gasteiger partial charge is 0.371 e. The molecule has 1 heterocycles. The van der Waals surface area contributed by atoms with Crippen LogP contribution in [0.3, 0.4) is 0 Å². The average molecular weight is 321 g/mol. The number of halogens is 4. The number of hydrogen-bond acceptors (Lipinski definition) is 2. The lowest BCUT2D eigenvalue weighted by molar-refractivity contribution is -0.137. The van der Waals surface area contributed by atoms with Crippen molar-refractivity contribution in [1.82, 2.24) is 4.90 Å². The van der Waals surface area contributed by atoms with E-state index in [1.54, 1.807) is 12.1 Å². The highest BCUT2D eigenvalue weighted by atomic mass is 35.5. The molecule has 0 atom stereocenters. The van der Waals surface area contributed by atoms with Crippen molar-refractivity contribution in [3.05, 3.63) is 29.3 Å². The van der Waals surface area contributed by atoms with Crippen LogP contribution in [0.5, 0.6) is 0 Å². The first-order chi connectivity index (χ1) is 9.82. The van der Waals surface area contributed by atoms with Gasteiger partial charge in [-0.05, 0) is 44.6 Å². The van der Waals surface area contributed by atoms with E-state index in [0.717, 1.165) is 12.8 Å². The van der Waals surface area contributed by atoms with Gasteiger partial charge in [-0.15, -0.1) is 11.6 Å². The minimum absolute atomic E-state index is 0.0893. The minimum atomic E-state index is -4.35. The van der Waals surface area contributed by atoms with Gasteiger partial charge in [0.2, 0.25) is 0 Å². The van der Waals surface area contributed by atoms with Crippen molar-refractivity contribution < 1.29 is 13.2 Å². The van der Waals surface area contributed by atoms with Gasteiger partial charge in [-0.25, -0.2) is 0 Å². The van der Waals surface area contributed by atoms with Crippen LogP contribution in [0.1, 0.15) is 24.0 Å². The Bertz CT molecular complexity index is 480. The molecule has 1 aliphatic heterocycles. The van der Waals surface area contributed by atoms with Crippen molar-refractivity contribution in [3.63, 3.8) is 0 Å². The van der Waals surface area contributed by atoms with Crippen molar-refractivity contribution in [2.45, 2.75) is 30.9 Å². The predicted octanol–water partition coefficient (Wildman–Crippen LogP) is 3.97. The molecule has 0 N–H and O–H groups in total. The third-order valence-corrected chi connectivity index (χ3v) is 4.36. The van der Waals surface area contributed by atoms with Crippen LogP contribution in [0.4, 0.5) is 18.9 Å². The van der Waals surface area contributed by atoms with Crippen LogP contribution in [0.15, 0.2) is 18.2 Å². The topological polar surface area (TPSA) is 6.48 Å². The maximum Gasteiger partial charge on any atom is 0.418 e. The van der Waals surface area contributed by atoms with Gasteiger partial charge in [0.1, 0.15) is 0 Å². The third-order valence-electron chi connectivity index (χ3n) is 4.06. The average Bonchev–Trinajstić information content (AvgIpc) is 2.46. The van der Waals surface area contributed by atoms with Gasteiger partial charge in [-0.1, -0.05) is 6.07 Å². The van der Waals surface area contributed by atoms with Crippen LogP contribution in [0, 0.1) is 0 Å². The Kier molecular flexibility index (Phi) is 5.04. The van der Waals surface area contributed by atoms with Crippen molar-refractivity contribution in [3.8, 4) is 0 Å². The molecule has 118 valence electrons. The summed E-state index contributed by atoms with van der Waals surface area (Å²) in [5.41, 5.74) is 0.188. The minimum Gasteiger partial charge on any atom is -0.371 e. The first-order valence-electron chi connectivity index (χ1n) is 7.00. The van der Waals surface area contributed by atoms with Crippen LogP contribution in [-0.2, 0) is 12.1 Å². The summed E-state index contributed by atoms with van der Waals surface area (Å²) in [6, 6.07) is 4.84. The van der Waals surface area contributed by atoms with Gasteiger partial charge in [-0.3, -0.25) is 0 Å². The number of rotatable bonds is 3. The summed E-state index contributed by atoms with van der Waals surface area (Å²) in [7, 11) is 4.02. The standard InChI is InChI=1S/C15H20ClF3N2/c1-20(2)12-5-7-21(8-6-12)14-4-3-11(10-16)9-13(14)15(17,18)19/h3-4,9,12H,5-8,10H2,1-2H3. The Morgan fingerprint density at radius 2 is 1.86 bits per heavy atom. The zero-order chi connectivity index (χ0) is 15.6. The molecule has 0 unspecified atom stereocenters. The first-order valence-corrected chi connectivity index (χ1v) is 7.54. The fourth-order valence-electron chi connectivity index (χ4n) is 2.79. The summed E-state index contributed by atoms with van der Waals surface area (Å²) < 4.78 is 39.7. The van der Waals surface area contributed by atoms with Crippen molar-refractivity contribution in [2.24, 2.45) is 0 Å². The second-order valence-corrected chi connectivity index (χ2v) is 5.93. The first kappa shape index (κ1) is 16.4. The van der Waals surface area contributed by atoms with Crippen LogP contribution < -0.4 is 4.90 Å². The normalized spacial score (nSPS) is 17.6. The summed E-state index contributed by atoms with van der Waals surface area (Å²) in [6.07, 6.45) is -2.60. The molecule has 0 radical (unpaired) electrons. The summed E-state index contributed by atoms with van der Waals surface area (Å²) in [6.45, 7) is 1.29. The van der Waals surface area contributed by atoms with E-state index in [0.29, 0.717) is 24.7 Å². The lowest BCUT2D eigenvalue weighted by atomic mass is 10.0. The largest absolute Gasteiger partial charge is 0.418 e. The van der Waals surface area contributed by atoms with Crippen LogP contribution in [-0.4, -0.2) is 38.1 Å². The van der Waals surface area contributed by atoms with Gasteiger partial charge in [0.25, 0.3) is 0 Å². The Morgan fingerprint density at radius 3 is 2.33 bits per heavy atom. The fraction of sp³-hybridized carbons (Fsp3) is 0.600. The van der Waals surface area contributed by atoms with Crippen LogP contribution in [0.2, 0.25) is 0 Å². The fourth-order valence-corrected chi connectivity index (χ4v) is 2.96. The quantitative estimate of drug-likeness (QED) is 0.777. The van der Waals surface area contributed by atoms with E-state index < -0.39 is 11.7 Å². The molecule has 0 aromatic heterocycles. The number of anilines is 1. The van der Waals surface area contributed by atoms with E-state index in [9.17, 15) is 13.2 Å². The van der Waals surface area contributed by atoms with Crippen molar-refractivity contribution >= 4 is 17.3 Å². The molecule has 0 amide bonds. The van der Waals surface area contributed by atoms with E-state index in [1.807, 2.05) is 19.0 Å². The Morgan fingerprint density at radius 1 is 1.24 bits per heavy atom. The molecule has 21 heavy (non-hydrogen) atoms. The second-order valence-electron chi connectivity index (χ2n) is 5.66. The highest BCUT2D eigenvalue weighted by molar-refractivity contribution is 6.17. The van der Waals surface area contributed by atoms with Gasteiger partial charge in [0.05, 0.1) is 5.56 Å². The SMILES string of the molecule is CN(C)C1CCN(c2ccc(CCl)cc2C(F)(F)F)CC1. The number of piperidine rings is 1. The molecule has 0 saturated carbocycles. The molecule has 0 spiro atoms. The molecular weight excluding hydrogens is 301 g/mol. The summed E-state index contributed by atoms with van der Waals surface area (Å²) >= 11 is 5.65. The number of alkyl halides is 4. The van der Waals surface area contributed by atoms with E-state index in [4.69, 9.17) is 11.6 Å². The number of benzene rings is 1. The van der Waals surface area contributed by atoms with E-state index in [1.165, 1.54) is 6.07 Å². The van der Waals surface area contributed by atoms with Gasteiger partial charge < -0.3 is 9.80 Å². The second kappa shape index (κ2) is 6.44. The summed E-state index contributed by atoms with van der Waals surface area (Å²) in [5, 5.41) is 0. The van der Waals surface area contributed by atoms with Gasteiger partial charge in [0, 0.05) is 30.7 Å². The van der Waals surface area contributed by atoms with E-state index in [2.05, 4.69) is 4.90 Å². The maximum absolute atomic E-state index is 13.2. The zero-order valence-corrected chi connectivity index (χ0v) is 13.0. The zero-order valence-electron chi connectivity index (χ0n) is 12.3. The lowest BCUT2D eigenvalue weighted by Crippen LogP contribution is -2.42. The van der Waals surface area contributed by atoms with Gasteiger partial charge >= 0.3 is 6.18 Å². The molecule has 1 saturated heterocycles. The maximum atomic E-state index is 13.2. The number of hydrogen-bond donors (Lipinski definition) is 0. The van der Waals surface area contributed by atoms with Crippen LogP contribution in [0.25, 0.3) is 0 Å². The molecule has 2 nitrogen and oxygen atoms in total. The van der Waals surface area contributed by atoms with Crippen molar-refractivity contribution in [1.29, 1.82) is 0 Å². The molecule has 0 bridgehead atoms. The highest BCUT2D eigenvalue weighted by Gasteiger charge is 2.36. The van der Waals surface area contributed by atoms with E-state index >= 15 is 0 Å². The Labute approximate surface area is 128 Å². The summed E-state index contributed by atoms with van der Waals surface area (Å²) in [4.78, 5) is 3.97. The molecule has 2 rings (SSSR count). The molecular formula is C15H20ClF3N2. The van der Waals surface area contributed by atoms with Gasteiger partial charge in [0.15, 0.2) is 0 Å². The number of nitrogens with zero attached hydrogens (tertiary/aromatic N) is 2. The molecule has 0 aliphatic carbocycles. The van der Waals surface area contributed by atoms with Crippen LogP contribution >= 0.6 is 11.6 Å². The molecule has 1 fully saturated rings. The predicted molar refractivity (Wildman–Crippen MR) is 79.9 cm³/mol. The monoisotopic (exact) mass is 320 g/mol. The molecule has 1 aromatic carbocycles. The summed E-state index contributed by atoms with van der Waals surface area (Å²) in [5.74, 6) is 0.0893. The third kappa shape index (κ3) is 3.83. The van der Waals surface area contributed by atoms with Crippen molar-refractivity contribution in [2.75, 3.05) is 32.1 Å². The highest BCUT2D eigenvalue weighted by Crippen LogP contribution is 2.38.